The Morgan fingerprint density at radius 1 is 1.30 bits per heavy atom. The van der Waals surface area contributed by atoms with Gasteiger partial charge in [0.15, 0.2) is 0 Å². The van der Waals surface area contributed by atoms with Gasteiger partial charge < -0.3 is 10.0 Å². The van der Waals surface area contributed by atoms with Crippen molar-refractivity contribution in [2.45, 2.75) is 32.7 Å². The molecule has 0 aliphatic carbocycles. The molecule has 0 aliphatic rings. The first-order valence-electron chi connectivity index (χ1n) is 6.97. The van der Waals surface area contributed by atoms with Gasteiger partial charge in [-0.2, -0.15) is 0 Å². The number of nitrogens with zero attached hydrogens (tertiary/aromatic N) is 1. The van der Waals surface area contributed by atoms with Crippen LogP contribution in [0.5, 0.6) is 0 Å². The van der Waals surface area contributed by atoms with Crippen molar-refractivity contribution >= 4 is 23.6 Å². The summed E-state index contributed by atoms with van der Waals surface area (Å²) in [6.45, 7) is 4.45. The molecule has 0 fully saturated rings. The third-order valence-corrected chi connectivity index (χ3v) is 3.55. The van der Waals surface area contributed by atoms with Crippen LogP contribution in [0, 0.1) is 0 Å². The normalized spacial score (nSPS) is 11.2. The summed E-state index contributed by atoms with van der Waals surface area (Å²) >= 11 is 5.82. The van der Waals surface area contributed by atoms with Crippen LogP contribution in [0.2, 0.25) is 5.02 Å². The molecule has 110 valence electrons. The Morgan fingerprint density at radius 2 is 1.90 bits per heavy atom. The first-order valence-corrected chi connectivity index (χ1v) is 7.35. The molecule has 1 rings (SSSR count). The minimum absolute atomic E-state index is 0.0168. The van der Waals surface area contributed by atoms with Crippen LogP contribution in [-0.2, 0) is 4.79 Å². The van der Waals surface area contributed by atoms with Crippen LogP contribution in [0.25, 0.3) is 6.08 Å². The molecule has 1 N–H and O–H groups in total. The molecule has 0 atom stereocenters. The average Bonchev–Trinajstić information content (AvgIpc) is 2.46. The fraction of sp³-hybridized carbons (Fsp3) is 0.438. The Bertz CT molecular complexity index is 438. The molecule has 0 saturated heterocycles. The summed E-state index contributed by atoms with van der Waals surface area (Å²) in [7, 11) is 0. The first kappa shape index (κ1) is 16.7. The van der Waals surface area contributed by atoms with Gasteiger partial charge in [-0.1, -0.05) is 37.6 Å². The molecule has 0 unspecified atom stereocenters. The zero-order valence-corrected chi connectivity index (χ0v) is 12.8. The van der Waals surface area contributed by atoms with Gasteiger partial charge in [-0.3, -0.25) is 4.79 Å². The Morgan fingerprint density at radius 3 is 2.40 bits per heavy atom. The van der Waals surface area contributed by atoms with E-state index in [-0.39, 0.29) is 18.6 Å². The molecule has 0 saturated carbocycles. The maximum Gasteiger partial charge on any atom is 0.246 e. The molecule has 1 amide bonds. The predicted octanol–water partition coefficient (Wildman–Crippen LogP) is 3.36. The quantitative estimate of drug-likeness (QED) is 0.784. The zero-order chi connectivity index (χ0) is 15.0. The number of carbonyl (C=O) groups excluding carboxylic acids is 1. The molecule has 1 aromatic rings. The molecule has 0 heterocycles. The molecule has 0 bridgehead atoms. The van der Waals surface area contributed by atoms with Crippen molar-refractivity contribution in [1.29, 1.82) is 0 Å². The molecule has 3 nitrogen and oxygen atoms in total. The summed E-state index contributed by atoms with van der Waals surface area (Å²) in [6, 6.07) is 7.47. The fourth-order valence-corrected chi connectivity index (χ4v) is 2.27. The van der Waals surface area contributed by atoms with Gasteiger partial charge in [-0.05, 0) is 36.6 Å². The molecule has 0 aromatic heterocycles. The summed E-state index contributed by atoms with van der Waals surface area (Å²) < 4.78 is 0. The second-order valence-corrected chi connectivity index (χ2v) is 5.05. The molecule has 4 heteroatoms. The molecule has 0 aliphatic heterocycles. The number of amides is 1. The standard InChI is InChI=1S/C16H22ClNO2/c1-3-15(4-2)18(11-12-19)16(20)10-7-13-5-8-14(17)9-6-13/h5-10,15,19H,3-4,11-12H2,1-2H3. The minimum atomic E-state index is -0.0669. The first-order chi connectivity index (χ1) is 9.62. The van der Waals surface area contributed by atoms with Crippen molar-refractivity contribution in [1.82, 2.24) is 4.90 Å². The van der Waals surface area contributed by atoms with E-state index in [4.69, 9.17) is 16.7 Å². The number of hydrogen-bond acceptors (Lipinski definition) is 2. The lowest BCUT2D eigenvalue weighted by Crippen LogP contribution is -2.40. The van der Waals surface area contributed by atoms with Gasteiger partial charge >= 0.3 is 0 Å². The Kier molecular flexibility index (Phi) is 7.34. The molecule has 20 heavy (non-hydrogen) atoms. The smallest absolute Gasteiger partial charge is 0.246 e. The topological polar surface area (TPSA) is 40.5 Å². The van der Waals surface area contributed by atoms with Crippen molar-refractivity contribution < 1.29 is 9.90 Å². The van der Waals surface area contributed by atoms with Gasteiger partial charge in [0.05, 0.1) is 6.61 Å². The van der Waals surface area contributed by atoms with Gasteiger partial charge in [0.2, 0.25) is 5.91 Å². The highest BCUT2D eigenvalue weighted by atomic mass is 35.5. The van der Waals surface area contributed by atoms with E-state index < -0.39 is 0 Å². The highest BCUT2D eigenvalue weighted by molar-refractivity contribution is 6.30. The largest absolute Gasteiger partial charge is 0.395 e. The molecule has 0 radical (unpaired) electrons. The lowest BCUT2D eigenvalue weighted by atomic mass is 10.1. The van der Waals surface area contributed by atoms with Crippen LogP contribution < -0.4 is 0 Å². The van der Waals surface area contributed by atoms with E-state index in [1.807, 2.05) is 12.1 Å². The van der Waals surface area contributed by atoms with Crippen LogP contribution in [0.15, 0.2) is 30.3 Å². The Hall–Kier alpha value is -1.32. The molecular weight excluding hydrogens is 274 g/mol. The van der Waals surface area contributed by atoms with Gasteiger partial charge in [-0.25, -0.2) is 0 Å². The van der Waals surface area contributed by atoms with Crippen molar-refractivity contribution in [3.8, 4) is 0 Å². The van der Waals surface area contributed by atoms with Gasteiger partial charge in [-0.15, -0.1) is 0 Å². The number of carbonyl (C=O) groups is 1. The van der Waals surface area contributed by atoms with Gasteiger partial charge in [0, 0.05) is 23.7 Å². The molecule has 0 spiro atoms. The van der Waals surface area contributed by atoms with Crippen LogP contribution in [0.3, 0.4) is 0 Å². The van der Waals surface area contributed by atoms with Crippen molar-refractivity contribution in [2.75, 3.05) is 13.2 Å². The van der Waals surface area contributed by atoms with E-state index in [2.05, 4.69) is 13.8 Å². The zero-order valence-electron chi connectivity index (χ0n) is 12.1. The SMILES string of the molecule is CCC(CC)N(CCO)C(=O)C=Cc1ccc(Cl)cc1. The second kappa shape index (κ2) is 8.77. The van der Waals surface area contributed by atoms with Gasteiger partial charge in [0.1, 0.15) is 0 Å². The highest BCUT2D eigenvalue weighted by Crippen LogP contribution is 2.12. The van der Waals surface area contributed by atoms with Crippen molar-refractivity contribution in [3.05, 3.63) is 40.9 Å². The predicted molar refractivity (Wildman–Crippen MR) is 83.7 cm³/mol. The van der Waals surface area contributed by atoms with Crippen LogP contribution in [-0.4, -0.2) is 35.1 Å². The van der Waals surface area contributed by atoms with E-state index in [0.29, 0.717) is 11.6 Å². The summed E-state index contributed by atoms with van der Waals surface area (Å²) in [6.07, 6.45) is 5.09. The van der Waals surface area contributed by atoms with E-state index in [1.165, 1.54) is 0 Å². The van der Waals surface area contributed by atoms with Crippen LogP contribution in [0.1, 0.15) is 32.3 Å². The highest BCUT2D eigenvalue weighted by Gasteiger charge is 2.18. The molecular formula is C16H22ClNO2. The average molecular weight is 296 g/mol. The fourth-order valence-electron chi connectivity index (χ4n) is 2.15. The summed E-state index contributed by atoms with van der Waals surface area (Å²) in [5.41, 5.74) is 0.927. The number of hydrogen-bond donors (Lipinski definition) is 1. The van der Waals surface area contributed by atoms with Crippen LogP contribution in [0.4, 0.5) is 0 Å². The molecule has 1 aromatic carbocycles. The van der Waals surface area contributed by atoms with Crippen molar-refractivity contribution in [2.24, 2.45) is 0 Å². The maximum absolute atomic E-state index is 12.2. The number of halogens is 1. The maximum atomic E-state index is 12.2. The Balaban J connectivity index is 2.77. The second-order valence-electron chi connectivity index (χ2n) is 4.61. The van der Waals surface area contributed by atoms with E-state index >= 15 is 0 Å². The third kappa shape index (κ3) is 4.99. The number of benzene rings is 1. The van der Waals surface area contributed by atoms with Crippen LogP contribution >= 0.6 is 11.6 Å². The number of aliphatic hydroxyl groups is 1. The summed E-state index contributed by atoms with van der Waals surface area (Å²) in [5, 5.41) is 9.78. The summed E-state index contributed by atoms with van der Waals surface area (Å²) in [5.74, 6) is -0.0669. The van der Waals surface area contributed by atoms with Gasteiger partial charge in [0.25, 0.3) is 0 Å². The van der Waals surface area contributed by atoms with E-state index in [0.717, 1.165) is 18.4 Å². The minimum Gasteiger partial charge on any atom is -0.395 e. The van der Waals surface area contributed by atoms with E-state index in [9.17, 15) is 4.79 Å². The monoisotopic (exact) mass is 295 g/mol. The van der Waals surface area contributed by atoms with E-state index in [1.54, 1.807) is 29.2 Å². The lowest BCUT2D eigenvalue weighted by Gasteiger charge is -2.29. The third-order valence-electron chi connectivity index (χ3n) is 3.30. The van der Waals surface area contributed by atoms with Crippen molar-refractivity contribution in [3.63, 3.8) is 0 Å². The summed E-state index contributed by atoms with van der Waals surface area (Å²) in [4.78, 5) is 14.0. The Labute approximate surface area is 125 Å². The number of aliphatic hydroxyl groups excluding tert-OH is 1. The number of rotatable bonds is 7. The lowest BCUT2D eigenvalue weighted by molar-refractivity contribution is -0.128.